The van der Waals surface area contributed by atoms with E-state index >= 15 is 0 Å². The van der Waals surface area contributed by atoms with Crippen LogP contribution >= 0.6 is 0 Å². The van der Waals surface area contributed by atoms with Crippen molar-refractivity contribution < 1.29 is 13.9 Å². The van der Waals surface area contributed by atoms with Crippen molar-refractivity contribution in [2.45, 2.75) is 37.8 Å². The minimum absolute atomic E-state index is 0.254. The molecule has 0 amide bonds. The summed E-state index contributed by atoms with van der Waals surface area (Å²) in [5.41, 5.74) is 0.869. The van der Waals surface area contributed by atoms with Crippen molar-refractivity contribution in [2.24, 2.45) is 0 Å². The quantitative estimate of drug-likeness (QED) is 0.806. The number of fused-ring (bicyclic) bond motifs is 2. The minimum Gasteiger partial charge on any atom is -0.494 e. The number of ketones is 1. The highest BCUT2D eigenvalue weighted by Gasteiger charge is 2.40. The van der Waals surface area contributed by atoms with Crippen LogP contribution in [0.25, 0.3) is 0 Å². The lowest BCUT2D eigenvalue weighted by molar-refractivity contribution is -0.120. The Hall–Kier alpha value is -1.58. The molecule has 0 spiro atoms. The van der Waals surface area contributed by atoms with Gasteiger partial charge in [0.1, 0.15) is 5.78 Å². The Labute approximate surface area is 106 Å². The zero-order chi connectivity index (χ0) is 12.7. The summed E-state index contributed by atoms with van der Waals surface area (Å²) in [7, 11) is 1.46. The predicted octanol–water partition coefficient (Wildman–Crippen LogP) is 2.53. The SMILES string of the molecule is COc1ccc(N2C3CCC2CC(=O)C3)cc1F. The van der Waals surface area contributed by atoms with E-state index in [1.165, 1.54) is 13.2 Å². The number of hydrogen-bond donors (Lipinski definition) is 0. The number of rotatable bonds is 2. The van der Waals surface area contributed by atoms with Gasteiger partial charge in [0, 0.05) is 36.7 Å². The van der Waals surface area contributed by atoms with Crippen molar-refractivity contribution in [3.63, 3.8) is 0 Å². The molecule has 0 saturated carbocycles. The summed E-state index contributed by atoms with van der Waals surface area (Å²) in [6.07, 6.45) is 3.27. The van der Waals surface area contributed by atoms with Crippen LogP contribution in [0, 0.1) is 5.82 Å². The van der Waals surface area contributed by atoms with Crippen molar-refractivity contribution >= 4 is 11.5 Å². The second-order valence-corrected chi connectivity index (χ2v) is 5.06. The molecule has 4 heteroatoms. The average molecular weight is 249 g/mol. The van der Waals surface area contributed by atoms with Crippen LogP contribution < -0.4 is 9.64 Å². The lowest BCUT2D eigenvalue weighted by Gasteiger charge is -2.36. The number of anilines is 1. The summed E-state index contributed by atoms with van der Waals surface area (Å²) < 4.78 is 18.7. The predicted molar refractivity (Wildman–Crippen MR) is 66.5 cm³/mol. The summed E-state index contributed by atoms with van der Waals surface area (Å²) in [5, 5.41) is 0. The first kappa shape index (κ1) is 11.5. The standard InChI is InChI=1S/C14H16FNO2/c1-18-14-5-4-11(8-13(14)15)16-9-2-3-10(16)7-12(17)6-9/h4-5,8-10H,2-3,6-7H2,1H3. The van der Waals surface area contributed by atoms with E-state index in [0.29, 0.717) is 18.6 Å². The number of benzene rings is 1. The van der Waals surface area contributed by atoms with Gasteiger partial charge in [-0.25, -0.2) is 4.39 Å². The average Bonchev–Trinajstić information content (AvgIpc) is 2.61. The second kappa shape index (κ2) is 4.26. The summed E-state index contributed by atoms with van der Waals surface area (Å²) in [5.74, 6) is 0.262. The largest absolute Gasteiger partial charge is 0.494 e. The van der Waals surface area contributed by atoms with E-state index in [2.05, 4.69) is 4.90 Å². The Morgan fingerprint density at radius 2 is 1.94 bits per heavy atom. The molecular weight excluding hydrogens is 233 g/mol. The topological polar surface area (TPSA) is 29.5 Å². The number of nitrogens with zero attached hydrogens (tertiary/aromatic N) is 1. The molecule has 2 fully saturated rings. The van der Waals surface area contributed by atoms with Crippen LogP contribution in [0.15, 0.2) is 18.2 Å². The highest BCUT2D eigenvalue weighted by Crippen LogP contribution is 2.38. The maximum Gasteiger partial charge on any atom is 0.167 e. The Morgan fingerprint density at radius 1 is 1.28 bits per heavy atom. The van der Waals surface area contributed by atoms with E-state index in [1.54, 1.807) is 6.07 Å². The van der Waals surface area contributed by atoms with Gasteiger partial charge in [0.2, 0.25) is 0 Å². The van der Waals surface area contributed by atoms with Crippen molar-refractivity contribution in [1.29, 1.82) is 0 Å². The molecule has 2 aliphatic rings. The summed E-state index contributed by atoms with van der Waals surface area (Å²) >= 11 is 0. The van der Waals surface area contributed by atoms with Crippen LogP contribution in [0.3, 0.4) is 0 Å². The molecule has 3 rings (SSSR count). The lowest BCUT2D eigenvalue weighted by atomic mass is 10.0. The molecule has 0 aromatic heterocycles. The van der Waals surface area contributed by atoms with E-state index in [4.69, 9.17) is 4.74 Å². The molecule has 18 heavy (non-hydrogen) atoms. The summed E-state index contributed by atoms with van der Waals surface area (Å²) in [6, 6.07) is 5.55. The molecule has 0 radical (unpaired) electrons. The Kier molecular flexibility index (Phi) is 2.73. The molecule has 96 valence electrons. The molecule has 3 nitrogen and oxygen atoms in total. The third-order valence-electron chi connectivity index (χ3n) is 3.98. The van der Waals surface area contributed by atoms with Gasteiger partial charge in [-0.3, -0.25) is 4.79 Å². The Bertz CT molecular complexity index is 473. The first-order valence-electron chi connectivity index (χ1n) is 6.32. The molecule has 0 aliphatic carbocycles. The number of ether oxygens (including phenoxy) is 1. The van der Waals surface area contributed by atoms with E-state index in [-0.39, 0.29) is 23.7 Å². The number of methoxy groups -OCH3 is 1. The highest BCUT2D eigenvalue weighted by molar-refractivity contribution is 5.83. The fourth-order valence-corrected chi connectivity index (χ4v) is 3.21. The highest BCUT2D eigenvalue weighted by atomic mass is 19.1. The molecule has 2 bridgehead atoms. The van der Waals surface area contributed by atoms with Gasteiger partial charge < -0.3 is 9.64 Å². The van der Waals surface area contributed by atoms with E-state index in [1.807, 2.05) is 6.07 Å². The third-order valence-corrected chi connectivity index (χ3v) is 3.98. The molecular formula is C14H16FNO2. The molecule has 0 N–H and O–H groups in total. The van der Waals surface area contributed by atoms with Gasteiger partial charge >= 0.3 is 0 Å². The number of carbonyl (C=O) groups excluding carboxylic acids is 1. The summed E-state index contributed by atoms with van der Waals surface area (Å²) in [4.78, 5) is 13.8. The van der Waals surface area contributed by atoms with E-state index in [9.17, 15) is 9.18 Å². The van der Waals surface area contributed by atoms with E-state index < -0.39 is 0 Å². The molecule has 2 aliphatic heterocycles. The van der Waals surface area contributed by atoms with E-state index in [0.717, 1.165) is 18.5 Å². The number of hydrogen-bond acceptors (Lipinski definition) is 3. The number of carbonyl (C=O) groups is 1. The Morgan fingerprint density at radius 3 is 2.50 bits per heavy atom. The van der Waals surface area contributed by atoms with Crippen LogP contribution in [0.1, 0.15) is 25.7 Å². The molecule has 1 aromatic rings. The van der Waals surface area contributed by atoms with Gasteiger partial charge in [-0.05, 0) is 25.0 Å². The first-order valence-corrected chi connectivity index (χ1v) is 6.32. The normalized spacial score (nSPS) is 26.6. The van der Waals surface area contributed by atoms with Gasteiger partial charge in [-0.2, -0.15) is 0 Å². The monoisotopic (exact) mass is 249 g/mol. The molecule has 2 saturated heterocycles. The fourth-order valence-electron chi connectivity index (χ4n) is 3.21. The minimum atomic E-state index is -0.341. The molecule has 2 unspecified atom stereocenters. The van der Waals surface area contributed by atoms with Crippen LogP contribution in [0.2, 0.25) is 0 Å². The van der Waals surface area contributed by atoms with Crippen molar-refractivity contribution in [1.82, 2.24) is 0 Å². The van der Waals surface area contributed by atoms with Gasteiger partial charge in [0.05, 0.1) is 7.11 Å². The Balaban J connectivity index is 1.91. The van der Waals surface area contributed by atoms with Crippen LogP contribution in [0.4, 0.5) is 10.1 Å². The van der Waals surface area contributed by atoms with Crippen LogP contribution in [-0.2, 0) is 4.79 Å². The summed E-state index contributed by atoms with van der Waals surface area (Å²) in [6.45, 7) is 0. The van der Waals surface area contributed by atoms with Crippen LogP contribution in [0.5, 0.6) is 5.75 Å². The zero-order valence-corrected chi connectivity index (χ0v) is 10.4. The first-order chi connectivity index (χ1) is 8.69. The molecule has 1 aromatic carbocycles. The molecule has 2 heterocycles. The van der Waals surface area contributed by atoms with Gasteiger partial charge in [-0.1, -0.05) is 0 Å². The van der Waals surface area contributed by atoms with Gasteiger partial charge in [-0.15, -0.1) is 0 Å². The second-order valence-electron chi connectivity index (χ2n) is 5.06. The maximum absolute atomic E-state index is 13.7. The van der Waals surface area contributed by atoms with Crippen molar-refractivity contribution in [3.05, 3.63) is 24.0 Å². The van der Waals surface area contributed by atoms with Crippen molar-refractivity contribution in [3.8, 4) is 5.75 Å². The maximum atomic E-state index is 13.7. The number of piperidine rings is 1. The zero-order valence-electron chi connectivity index (χ0n) is 10.4. The number of halogens is 1. The van der Waals surface area contributed by atoms with Gasteiger partial charge in [0.15, 0.2) is 11.6 Å². The van der Waals surface area contributed by atoms with Crippen molar-refractivity contribution in [2.75, 3.05) is 12.0 Å². The smallest absolute Gasteiger partial charge is 0.167 e. The third kappa shape index (κ3) is 1.76. The molecule has 2 atom stereocenters. The van der Waals surface area contributed by atoms with Gasteiger partial charge in [0.25, 0.3) is 0 Å². The fraction of sp³-hybridized carbons (Fsp3) is 0.500. The number of Topliss-reactive ketones (excluding diaryl/α,β-unsaturated/α-hetero) is 1. The lowest BCUT2D eigenvalue weighted by Crippen LogP contribution is -2.43. The van der Waals surface area contributed by atoms with Crippen LogP contribution in [-0.4, -0.2) is 25.0 Å².